The van der Waals surface area contributed by atoms with Crippen LogP contribution in [0, 0.1) is 0 Å². The van der Waals surface area contributed by atoms with E-state index in [1.54, 1.807) is 0 Å². The number of pyridine rings is 1. The number of hydrogen-bond donors (Lipinski definition) is 1. The Balaban J connectivity index is 1.34. The summed E-state index contributed by atoms with van der Waals surface area (Å²) in [4.78, 5) is 12.3. The van der Waals surface area contributed by atoms with Crippen LogP contribution in [-0.4, -0.2) is 31.6 Å². The number of amides is 1. The zero-order valence-corrected chi connectivity index (χ0v) is 16.3. The molecule has 0 spiro atoms. The van der Waals surface area contributed by atoms with Gasteiger partial charge in [0.15, 0.2) is 5.65 Å². The molecule has 6 nitrogen and oxygen atoms in total. The van der Waals surface area contributed by atoms with E-state index in [9.17, 15) is 4.79 Å². The van der Waals surface area contributed by atoms with Crippen molar-refractivity contribution in [3.63, 3.8) is 0 Å². The van der Waals surface area contributed by atoms with Crippen molar-refractivity contribution in [1.29, 1.82) is 0 Å². The van der Waals surface area contributed by atoms with Gasteiger partial charge in [0.25, 0.3) is 0 Å². The van der Waals surface area contributed by atoms with Crippen LogP contribution in [0.25, 0.3) is 16.6 Å². The Labute approximate surface area is 164 Å². The van der Waals surface area contributed by atoms with Crippen LogP contribution in [0.15, 0.2) is 54.9 Å². The Kier molecular flexibility index (Phi) is 5.10. The molecule has 3 aromatic heterocycles. The van der Waals surface area contributed by atoms with Crippen molar-refractivity contribution in [2.75, 3.05) is 6.54 Å². The van der Waals surface area contributed by atoms with E-state index in [1.165, 1.54) is 16.5 Å². The Morgan fingerprint density at radius 3 is 2.75 bits per heavy atom. The summed E-state index contributed by atoms with van der Waals surface area (Å²) < 4.78 is 4.23. The summed E-state index contributed by atoms with van der Waals surface area (Å²) >= 11 is 0. The van der Waals surface area contributed by atoms with Gasteiger partial charge in [-0.1, -0.05) is 24.3 Å². The summed E-state index contributed by atoms with van der Waals surface area (Å²) in [6.45, 7) is 4.91. The second-order valence-electron chi connectivity index (χ2n) is 7.32. The Bertz CT molecular complexity index is 1110. The van der Waals surface area contributed by atoms with E-state index in [0.717, 1.165) is 17.9 Å². The molecule has 0 fully saturated rings. The summed E-state index contributed by atoms with van der Waals surface area (Å²) in [5, 5.41) is 12.6. The fourth-order valence-corrected chi connectivity index (χ4v) is 3.62. The zero-order chi connectivity index (χ0) is 19.5. The van der Waals surface area contributed by atoms with Crippen molar-refractivity contribution in [2.45, 2.75) is 39.2 Å². The molecule has 3 heterocycles. The first-order valence-electron chi connectivity index (χ1n) is 9.77. The second-order valence-corrected chi connectivity index (χ2v) is 7.32. The van der Waals surface area contributed by atoms with Gasteiger partial charge < -0.3 is 9.88 Å². The molecule has 0 aliphatic carbocycles. The van der Waals surface area contributed by atoms with Gasteiger partial charge in [-0.15, -0.1) is 10.2 Å². The number of nitrogens with one attached hydrogen (secondary N) is 1. The second kappa shape index (κ2) is 7.84. The minimum atomic E-state index is 0.0650. The molecule has 4 rings (SSSR count). The maximum atomic E-state index is 12.3. The number of fused-ring (bicyclic) bond motifs is 2. The van der Waals surface area contributed by atoms with E-state index in [2.05, 4.69) is 64.4 Å². The number of benzene rings is 1. The highest BCUT2D eigenvalue weighted by atomic mass is 16.1. The third kappa shape index (κ3) is 3.63. The minimum Gasteiger partial charge on any atom is -0.356 e. The number of nitrogens with zero attached hydrogens (tertiary/aromatic N) is 4. The summed E-state index contributed by atoms with van der Waals surface area (Å²) in [7, 11) is 0. The average molecular weight is 375 g/mol. The van der Waals surface area contributed by atoms with Gasteiger partial charge in [-0.05, 0) is 44.0 Å². The summed E-state index contributed by atoms with van der Waals surface area (Å²) in [5.74, 6) is 0.922. The van der Waals surface area contributed by atoms with Gasteiger partial charge in [-0.2, -0.15) is 0 Å². The highest BCUT2D eigenvalue weighted by Gasteiger charge is 2.12. The normalized spacial score (nSPS) is 11.5. The van der Waals surface area contributed by atoms with Gasteiger partial charge >= 0.3 is 0 Å². The first-order chi connectivity index (χ1) is 13.6. The predicted molar refractivity (Wildman–Crippen MR) is 110 cm³/mol. The van der Waals surface area contributed by atoms with Crippen LogP contribution in [-0.2, 0) is 17.6 Å². The number of carbonyl (C=O) groups is 1. The Morgan fingerprint density at radius 1 is 1.07 bits per heavy atom. The lowest BCUT2D eigenvalue weighted by molar-refractivity contribution is -0.121. The van der Waals surface area contributed by atoms with E-state index >= 15 is 0 Å². The smallest absolute Gasteiger partial charge is 0.220 e. The highest BCUT2D eigenvalue weighted by molar-refractivity contribution is 5.85. The summed E-state index contributed by atoms with van der Waals surface area (Å²) in [6, 6.07) is 14.6. The third-order valence-electron chi connectivity index (χ3n) is 5.06. The average Bonchev–Trinajstić information content (AvgIpc) is 3.28. The monoisotopic (exact) mass is 375 g/mol. The maximum absolute atomic E-state index is 12.3. The lowest BCUT2D eigenvalue weighted by Gasteiger charge is -2.08. The quantitative estimate of drug-likeness (QED) is 0.537. The fraction of sp³-hybridized carbons (Fsp3) is 0.318. The van der Waals surface area contributed by atoms with Crippen LogP contribution >= 0.6 is 0 Å². The lowest BCUT2D eigenvalue weighted by atomic mass is 10.1. The fourth-order valence-electron chi connectivity index (χ4n) is 3.62. The van der Waals surface area contributed by atoms with Crippen LogP contribution in [0.1, 0.15) is 37.7 Å². The molecule has 0 aliphatic rings. The van der Waals surface area contributed by atoms with Crippen LogP contribution in [0.2, 0.25) is 0 Å². The van der Waals surface area contributed by atoms with E-state index in [0.29, 0.717) is 25.4 Å². The molecular weight excluding hydrogens is 350 g/mol. The first kappa shape index (κ1) is 18.2. The predicted octanol–water partition coefficient (Wildman–Crippen LogP) is 3.56. The van der Waals surface area contributed by atoms with Crippen LogP contribution in [0.3, 0.4) is 0 Å². The highest BCUT2D eigenvalue weighted by Crippen LogP contribution is 2.25. The minimum absolute atomic E-state index is 0.0650. The van der Waals surface area contributed by atoms with E-state index in [4.69, 9.17) is 0 Å². The Morgan fingerprint density at radius 2 is 1.89 bits per heavy atom. The molecule has 0 atom stereocenters. The third-order valence-corrected chi connectivity index (χ3v) is 5.06. The molecule has 1 amide bonds. The van der Waals surface area contributed by atoms with Crippen molar-refractivity contribution in [2.24, 2.45) is 0 Å². The number of para-hydroxylation sites is 1. The molecule has 1 N–H and O–H groups in total. The number of carbonyl (C=O) groups excluding carboxylic acids is 1. The van der Waals surface area contributed by atoms with Crippen molar-refractivity contribution >= 4 is 22.5 Å². The zero-order valence-electron chi connectivity index (χ0n) is 16.3. The molecule has 0 saturated heterocycles. The molecule has 0 unspecified atom stereocenters. The van der Waals surface area contributed by atoms with E-state index < -0.39 is 0 Å². The molecule has 4 aromatic rings. The van der Waals surface area contributed by atoms with Crippen molar-refractivity contribution in [3.05, 3.63) is 66.2 Å². The van der Waals surface area contributed by atoms with Gasteiger partial charge in [0.2, 0.25) is 5.91 Å². The molecule has 0 bridgehead atoms. The molecule has 28 heavy (non-hydrogen) atoms. The standard InChI is InChI=1S/C22H25N5O/c1-16(2)27-15-17(18-7-3-4-8-19(18)27)10-11-22(28)23-13-12-21-25-24-20-9-5-6-14-26(20)21/h3-9,14-16H,10-13H2,1-2H3,(H,23,28). The summed E-state index contributed by atoms with van der Waals surface area (Å²) in [6.07, 6.45) is 6.00. The molecule has 1 aromatic carbocycles. The van der Waals surface area contributed by atoms with Gasteiger partial charge in [0, 0.05) is 48.7 Å². The molecule has 6 heteroatoms. The van der Waals surface area contributed by atoms with E-state index in [-0.39, 0.29) is 5.91 Å². The van der Waals surface area contributed by atoms with Gasteiger partial charge in [0.1, 0.15) is 5.82 Å². The van der Waals surface area contributed by atoms with Crippen LogP contribution in [0.4, 0.5) is 0 Å². The molecule has 0 radical (unpaired) electrons. The lowest BCUT2D eigenvalue weighted by Crippen LogP contribution is -2.26. The Hall–Kier alpha value is -3.15. The molecular formula is C22H25N5O. The number of aryl methyl sites for hydroxylation is 1. The molecule has 0 aliphatic heterocycles. The van der Waals surface area contributed by atoms with Crippen molar-refractivity contribution < 1.29 is 4.79 Å². The topological polar surface area (TPSA) is 64.2 Å². The van der Waals surface area contributed by atoms with Gasteiger partial charge in [-0.25, -0.2) is 0 Å². The number of hydrogen-bond acceptors (Lipinski definition) is 3. The van der Waals surface area contributed by atoms with Gasteiger partial charge in [-0.3, -0.25) is 9.20 Å². The maximum Gasteiger partial charge on any atom is 0.220 e. The van der Waals surface area contributed by atoms with E-state index in [1.807, 2.05) is 28.8 Å². The van der Waals surface area contributed by atoms with Crippen molar-refractivity contribution in [1.82, 2.24) is 24.5 Å². The number of aromatic nitrogens is 4. The molecule has 0 saturated carbocycles. The van der Waals surface area contributed by atoms with Crippen LogP contribution < -0.4 is 5.32 Å². The number of rotatable bonds is 7. The largest absolute Gasteiger partial charge is 0.356 e. The van der Waals surface area contributed by atoms with Crippen LogP contribution in [0.5, 0.6) is 0 Å². The SMILES string of the molecule is CC(C)n1cc(CCC(=O)NCCc2nnc3ccccn23)c2ccccc21. The van der Waals surface area contributed by atoms with Gasteiger partial charge in [0.05, 0.1) is 0 Å². The first-order valence-corrected chi connectivity index (χ1v) is 9.77. The molecule has 144 valence electrons. The summed E-state index contributed by atoms with van der Waals surface area (Å²) in [5.41, 5.74) is 3.28. The van der Waals surface area contributed by atoms with Crippen molar-refractivity contribution in [3.8, 4) is 0 Å².